The van der Waals surface area contributed by atoms with Gasteiger partial charge in [-0.1, -0.05) is 0 Å². The molecule has 0 N–H and O–H groups in total. The van der Waals surface area contributed by atoms with Gasteiger partial charge in [-0.25, -0.2) is 0 Å². The molecule has 4 aromatic rings. The van der Waals surface area contributed by atoms with Gasteiger partial charge in [-0.2, -0.15) is 0 Å². The second-order valence-corrected chi connectivity index (χ2v) is 17.8. The molecule has 0 saturated heterocycles. The monoisotopic (exact) mass is 682 g/mol. The fraction of sp³-hybridized carbons (Fsp3) is 0.300. The molecule has 2 aliphatic rings. The van der Waals surface area contributed by atoms with Crippen LogP contribution in [0.1, 0.15) is 85.0 Å². The van der Waals surface area contributed by atoms with E-state index in [4.69, 9.17) is 0 Å². The van der Waals surface area contributed by atoms with Gasteiger partial charge >= 0.3 is 261 Å². The van der Waals surface area contributed by atoms with Crippen LogP contribution in [-0.4, -0.2) is 0 Å². The smallest absolute Gasteiger partial charge is 1.00 e. The van der Waals surface area contributed by atoms with E-state index < -0.39 is 23.2 Å². The number of aryl methyl sites for hydroxylation is 2. The first-order chi connectivity index (χ1) is 19.4. The van der Waals surface area contributed by atoms with Crippen molar-refractivity contribution in [1.82, 2.24) is 0 Å². The number of rotatable bonds is 4. The van der Waals surface area contributed by atoms with Gasteiger partial charge in [0.1, 0.15) is 0 Å². The Balaban J connectivity index is 0.00000212. The Morgan fingerprint density at radius 2 is 1.00 bits per heavy atom. The number of hydrogen-bond donors (Lipinski definition) is 0. The summed E-state index contributed by atoms with van der Waals surface area (Å²) in [6.07, 6.45) is 8.17. The van der Waals surface area contributed by atoms with Crippen molar-refractivity contribution >= 4 is 0 Å². The van der Waals surface area contributed by atoms with Crippen molar-refractivity contribution in [3.63, 3.8) is 0 Å². The Kier molecular flexibility index (Phi) is 9.93. The van der Waals surface area contributed by atoms with Gasteiger partial charge < -0.3 is 24.8 Å². The first-order valence-electron chi connectivity index (χ1n) is 15.0. The van der Waals surface area contributed by atoms with Gasteiger partial charge in [0, 0.05) is 0 Å². The van der Waals surface area contributed by atoms with Crippen LogP contribution in [-0.2, 0) is 34.1 Å². The Bertz CT molecular complexity index is 1580. The zero-order valence-corrected chi connectivity index (χ0v) is 30.7. The van der Waals surface area contributed by atoms with Gasteiger partial charge in [0.15, 0.2) is 0 Å². The van der Waals surface area contributed by atoms with E-state index in [9.17, 15) is 0 Å². The molecule has 220 valence electrons. The Morgan fingerprint density at radius 1 is 0.581 bits per heavy atom. The first-order valence-corrected chi connectivity index (χ1v) is 17.7. The van der Waals surface area contributed by atoms with Crippen LogP contribution >= 0.6 is 0 Å². The summed E-state index contributed by atoms with van der Waals surface area (Å²) in [5.74, 6) is 0. The Labute approximate surface area is 283 Å². The van der Waals surface area contributed by atoms with Crippen LogP contribution in [0.5, 0.6) is 0 Å². The predicted molar refractivity (Wildman–Crippen MR) is 173 cm³/mol. The minimum atomic E-state index is -0.915. The molecule has 43 heavy (non-hydrogen) atoms. The second kappa shape index (κ2) is 12.7. The summed E-state index contributed by atoms with van der Waals surface area (Å²) < 4.78 is 2.22. The van der Waals surface area contributed by atoms with Gasteiger partial charge in [-0.3, -0.25) is 0 Å². The van der Waals surface area contributed by atoms with E-state index in [2.05, 4.69) is 146 Å². The predicted octanol–water partition coefficient (Wildman–Crippen LogP) is 5.24. The molecule has 0 unspecified atom stereocenters. The van der Waals surface area contributed by atoms with Crippen molar-refractivity contribution in [3.05, 3.63) is 128 Å². The quantitative estimate of drug-likeness (QED) is 0.276. The number of hydrogen-bond acceptors (Lipinski definition) is 0. The van der Waals surface area contributed by atoms with Crippen LogP contribution in [0, 0.1) is 13.8 Å². The van der Waals surface area contributed by atoms with Crippen LogP contribution in [0.2, 0.25) is 0 Å². The van der Waals surface area contributed by atoms with E-state index in [1.54, 1.807) is 14.4 Å². The molecule has 0 fully saturated rings. The average molecular weight is 685 g/mol. The molecule has 0 bridgehead atoms. The zero-order valence-electron chi connectivity index (χ0n) is 26.7. The minimum Gasteiger partial charge on any atom is -1.00 e. The number of allylic oxidation sites excluding steroid dienone is 4. The summed E-state index contributed by atoms with van der Waals surface area (Å²) in [5.41, 5.74) is 17.1. The molecule has 0 heterocycles. The number of fused-ring (bicyclic) bond motifs is 3. The van der Waals surface area contributed by atoms with E-state index in [0.29, 0.717) is 3.63 Å². The molecule has 2 aliphatic carbocycles. The topological polar surface area (TPSA) is 0 Å². The average Bonchev–Trinajstić information content (AvgIpc) is 3.53. The Morgan fingerprint density at radius 3 is 1.35 bits per heavy atom. The van der Waals surface area contributed by atoms with Gasteiger partial charge in [0.25, 0.3) is 0 Å². The van der Waals surface area contributed by atoms with Crippen molar-refractivity contribution in [2.24, 2.45) is 0 Å². The van der Waals surface area contributed by atoms with E-state index in [1.165, 1.54) is 55.6 Å². The summed E-state index contributed by atoms with van der Waals surface area (Å²) >= 11 is -0.915. The van der Waals surface area contributed by atoms with Gasteiger partial charge in [-0.15, -0.1) is 0 Å². The second-order valence-electron chi connectivity index (χ2n) is 14.1. The van der Waals surface area contributed by atoms with Crippen molar-refractivity contribution in [3.8, 4) is 33.4 Å². The number of halogens is 2. The molecule has 0 nitrogen and oxygen atoms in total. The maximum absolute atomic E-state index is 2.59. The summed E-state index contributed by atoms with van der Waals surface area (Å²) in [5, 5.41) is 0. The van der Waals surface area contributed by atoms with Crippen LogP contribution in [0.25, 0.3) is 33.4 Å². The molecule has 0 amide bonds. The zero-order chi connectivity index (χ0) is 29.1. The van der Waals surface area contributed by atoms with E-state index in [0.717, 1.165) is 6.42 Å². The van der Waals surface area contributed by atoms with Crippen molar-refractivity contribution in [2.75, 3.05) is 0 Å². The summed E-state index contributed by atoms with van der Waals surface area (Å²) in [6.45, 7) is 18.6. The van der Waals surface area contributed by atoms with Gasteiger partial charge in [-0.05, 0) is 0 Å². The van der Waals surface area contributed by atoms with Crippen LogP contribution in [0.3, 0.4) is 0 Å². The minimum absolute atomic E-state index is 0. The van der Waals surface area contributed by atoms with Gasteiger partial charge in [0.2, 0.25) is 0 Å². The third-order valence-corrected chi connectivity index (χ3v) is 12.8. The SMILES string of the molecule is Cc1ccc(-c2cc3c(cc2C(C)(C)C)-c2cc(C(C)(C)C)c(-c4ccc(C)cc4)cc2[CH]3[Zr+2][C]2=CC=CC2)cc1.[Cl-].[Cl-]. The van der Waals surface area contributed by atoms with Crippen molar-refractivity contribution in [2.45, 2.75) is 76.3 Å². The van der Waals surface area contributed by atoms with Crippen molar-refractivity contribution < 1.29 is 48.0 Å². The fourth-order valence-electron chi connectivity index (χ4n) is 6.42. The fourth-order valence-corrected chi connectivity index (χ4v) is 10.3. The molecule has 0 aliphatic heterocycles. The third-order valence-electron chi connectivity index (χ3n) is 8.73. The van der Waals surface area contributed by atoms with Crippen LogP contribution in [0.4, 0.5) is 0 Å². The molecule has 3 heteroatoms. The molecule has 0 spiro atoms. The largest absolute Gasteiger partial charge is 1.00 e. The molecular weight excluding hydrogens is 643 g/mol. The maximum Gasteiger partial charge on any atom is -1.00 e. The number of benzene rings is 4. The molecule has 6 rings (SSSR count). The standard InChI is InChI=1S/C35H37.C5H5.2ClH.Zr/c1-22-9-13-24(14-10-22)30-18-26-17-27-19-31(25-15-11-23(2)12-16-25)33(35(6,7)8)21-29(27)28(26)20-32(30)34(3,4)5;1-2-4-5-3-1;;;/h9-21H,1-8H3;1-3H,4H2;2*1H;/q;;;;+2/p-2. The van der Waals surface area contributed by atoms with E-state index in [1.807, 2.05) is 0 Å². The molecule has 0 atom stereocenters. The third kappa shape index (κ3) is 6.61. The van der Waals surface area contributed by atoms with Crippen LogP contribution in [0.15, 0.2) is 94.3 Å². The molecule has 0 saturated carbocycles. The Hall–Kier alpha value is -2.18. The van der Waals surface area contributed by atoms with Crippen molar-refractivity contribution in [1.29, 1.82) is 0 Å². The molecule has 4 aromatic carbocycles. The van der Waals surface area contributed by atoms with E-state index >= 15 is 0 Å². The maximum atomic E-state index is 2.59. The summed E-state index contributed by atoms with van der Waals surface area (Å²) in [7, 11) is 0. The van der Waals surface area contributed by atoms with Crippen LogP contribution < -0.4 is 24.8 Å². The first kappa shape index (κ1) is 33.7. The molecular formula is C40H42Cl2Zr. The summed E-state index contributed by atoms with van der Waals surface area (Å²) in [4.78, 5) is 0. The van der Waals surface area contributed by atoms with E-state index in [-0.39, 0.29) is 35.6 Å². The molecule has 0 radical (unpaired) electrons. The normalized spacial score (nSPS) is 13.9. The summed E-state index contributed by atoms with van der Waals surface area (Å²) in [6, 6.07) is 28.7. The van der Waals surface area contributed by atoms with Gasteiger partial charge in [0.05, 0.1) is 0 Å². The molecule has 0 aromatic heterocycles.